The second-order valence-corrected chi connectivity index (χ2v) is 4.77. The zero-order chi connectivity index (χ0) is 15.8. The number of ether oxygens (including phenoxy) is 2. The molecular formula is C17H20N2O3. The van der Waals surface area contributed by atoms with Crippen LogP contribution in [0.1, 0.15) is 18.9 Å². The molecule has 0 bridgehead atoms. The van der Waals surface area contributed by atoms with Gasteiger partial charge in [0.1, 0.15) is 11.5 Å². The average molecular weight is 300 g/mol. The van der Waals surface area contributed by atoms with Crippen LogP contribution in [0.2, 0.25) is 0 Å². The number of rotatable bonds is 7. The van der Waals surface area contributed by atoms with E-state index in [1.807, 2.05) is 19.1 Å². The van der Waals surface area contributed by atoms with Gasteiger partial charge in [-0.2, -0.15) is 0 Å². The molecule has 0 spiro atoms. The summed E-state index contributed by atoms with van der Waals surface area (Å²) in [5, 5.41) is 2.86. The summed E-state index contributed by atoms with van der Waals surface area (Å²) >= 11 is 0. The standard InChI is InChI=1S/C17H20N2O3/c1-3-16(22-15-8-6-14(21-2)7-9-15)17(20)19-12-13-5-4-10-18-11-13/h4-11,16H,3,12H2,1-2H3,(H,19,20). The van der Waals surface area contributed by atoms with Gasteiger partial charge in [-0.15, -0.1) is 0 Å². The molecule has 2 rings (SSSR count). The smallest absolute Gasteiger partial charge is 0.261 e. The summed E-state index contributed by atoms with van der Waals surface area (Å²) in [7, 11) is 1.61. The Labute approximate surface area is 130 Å². The van der Waals surface area contributed by atoms with Crippen LogP contribution in [0.4, 0.5) is 0 Å². The second-order valence-electron chi connectivity index (χ2n) is 4.77. The van der Waals surface area contributed by atoms with Gasteiger partial charge in [-0.05, 0) is 42.3 Å². The SMILES string of the molecule is CCC(Oc1ccc(OC)cc1)C(=O)NCc1cccnc1. The molecule has 1 atom stereocenters. The summed E-state index contributed by atoms with van der Waals surface area (Å²) in [4.78, 5) is 16.2. The molecule has 116 valence electrons. The van der Waals surface area contributed by atoms with Gasteiger partial charge in [-0.1, -0.05) is 13.0 Å². The lowest BCUT2D eigenvalue weighted by molar-refractivity contribution is -0.128. The molecular weight excluding hydrogens is 280 g/mol. The van der Waals surface area contributed by atoms with Crippen LogP contribution in [-0.4, -0.2) is 24.1 Å². The van der Waals surface area contributed by atoms with Crippen molar-refractivity contribution in [3.05, 3.63) is 54.4 Å². The molecule has 1 aromatic carbocycles. The maximum atomic E-state index is 12.2. The quantitative estimate of drug-likeness (QED) is 0.853. The van der Waals surface area contributed by atoms with Crippen LogP contribution >= 0.6 is 0 Å². The molecule has 5 heteroatoms. The molecule has 1 aromatic heterocycles. The minimum Gasteiger partial charge on any atom is -0.497 e. The number of pyridine rings is 1. The third-order valence-corrected chi connectivity index (χ3v) is 3.19. The van der Waals surface area contributed by atoms with Crippen molar-refractivity contribution in [1.82, 2.24) is 10.3 Å². The second kappa shape index (κ2) is 8.02. The molecule has 0 fully saturated rings. The topological polar surface area (TPSA) is 60.5 Å². The van der Waals surface area contributed by atoms with Gasteiger partial charge in [0.2, 0.25) is 0 Å². The van der Waals surface area contributed by atoms with E-state index in [1.165, 1.54) is 0 Å². The fourth-order valence-electron chi connectivity index (χ4n) is 1.95. The normalized spacial score (nSPS) is 11.5. The predicted molar refractivity (Wildman–Crippen MR) is 83.8 cm³/mol. The molecule has 0 radical (unpaired) electrons. The van der Waals surface area contributed by atoms with Crippen LogP contribution in [0.15, 0.2) is 48.8 Å². The summed E-state index contributed by atoms with van der Waals surface area (Å²) in [5.41, 5.74) is 0.954. The van der Waals surface area contributed by atoms with Crippen molar-refractivity contribution in [1.29, 1.82) is 0 Å². The Balaban J connectivity index is 1.90. The monoisotopic (exact) mass is 300 g/mol. The van der Waals surface area contributed by atoms with E-state index in [0.29, 0.717) is 18.7 Å². The van der Waals surface area contributed by atoms with Crippen molar-refractivity contribution in [2.45, 2.75) is 26.0 Å². The van der Waals surface area contributed by atoms with Crippen LogP contribution in [0.3, 0.4) is 0 Å². The number of hydrogen-bond donors (Lipinski definition) is 1. The molecule has 1 unspecified atom stereocenters. The Hall–Kier alpha value is -2.56. The Morgan fingerprint density at radius 1 is 1.23 bits per heavy atom. The van der Waals surface area contributed by atoms with Gasteiger partial charge in [0.25, 0.3) is 5.91 Å². The molecule has 1 N–H and O–H groups in total. The lowest BCUT2D eigenvalue weighted by Gasteiger charge is -2.17. The first-order valence-corrected chi connectivity index (χ1v) is 7.20. The zero-order valence-electron chi connectivity index (χ0n) is 12.8. The number of benzene rings is 1. The number of aromatic nitrogens is 1. The number of amides is 1. The Kier molecular flexibility index (Phi) is 5.77. The van der Waals surface area contributed by atoms with E-state index in [4.69, 9.17) is 9.47 Å². The van der Waals surface area contributed by atoms with Crippen LogP contribution < -0.4 is 14.8 Å². The van der Waals surface area contributed by atoms with E-state index in [0.717, 1.165) is 11.3 Å². The van der Waals surface area contributed by atoms with E-state index >= 15 is 0 Å². The molecule has 5 nitrogen and oxygen atoms in total. The van der Waals surface area contributed by atoms with Crippen molar-refractivity contribution in [3.63, 3.8) is 0 Å². The predicted octanol–water partition coefficient (Wildman–Crippen LogP) is 2.56. The molecule has 0 aliphatic heterocycles. The first kappa shape index (κ1) is 15.8. The molecule has 0 aliphatic carbocycles. The summed E-state index contributed by atoms with van der Waals surface area (Å²) < 4.78 is 10.8. The van der Waals surface area contributed by atoms with Gasteiger partial charge in [-0.25, -0.2) is 0 Å². The maximum Gasteiger partial charge on any atom is 0.261 e. The highest BCUT2D eigenvalue weighted by molar-refractivity contribution is 5.81. The van der Waals surface area contributed by atoms with E-state index in [1.54, 1.807) is 43.8 Å². The number of nitrogens with zero attached hydrogens (tertiary/aromatic N) is 1. The van der Waals surface area contributed by atoms with Crippen molar-refractivity contribution >= 4 is 5.91 Å². The third-order valence-electron chi connectivity index (χ3n) is 3.19. The van der Waals surface area contributed by atoms with Gasteiger partial charge in [0.15, 0.2) is 6.10 Å². The van der Waals surface area contributed by atoms with Gasteiger partial charge in [0, 0.05) is 18.9 Å². The largest absolute Gasteiger partial charge is 0.497 e. The maximum absolute atomic E-state index is 12.2. The summed E-state index contributed by atoms with van der Waals surface area (Å²) in [6, 6.07) is 10.9. The fraction of sp³-hybridized carbons (Fsp3) is 0.294. The number of carbonyl (C=O) groups excluding carboxylic acids is 1. The highest BCUT2D eigenvalue weighted by atomic mass is 16.5. The lowest BCUT2D eigenvalue weighted by Crippen LogP contribution is -2.37. The minimum absolute atomic E-state index is 0.137. The number of nitrogens with one attached hydrogen (secondary N) is 1. The third kappa shape index (κ3) is 4.48. The van der Waals surface area contributed by atoms with Crippen LogP contribution in [-0.2, 0) is 11.3 Å². The average Bonchev–Trinajstić information content (AvgIpc) is 2.59. The molecule has 22 heavy (non-hydrogen) atoms. The summed E-state index contributed by atoms with van der Waals surface area (Å²) in [5.74, 6) is 1.26. The van der Waals surface area contributed by atoms with Gasteiger partial charge in [-0.3, -0.25) is 9.78 Å². The van der Waals surface area contributed by atoms with Crippen molar-refractivity contribution < 1.29 is 14.3 Å². The van der Waals surface area contributed by atoms with Gasteiger partial charge >= 0.3 is 0 Å². The summed E-state index contributed by atoms with van der Waals surface area (Å²) in [6.07, 6.45) is 3.49. The Bertz CT molecular complexity index is 585. The van der Waals surface area contributed by atoms with E-state index < -0.39 is 6.10 Å². The Morgan fingerprint density at radius 3 is 2.55 bits per heavy atom. The van der Waals surface area contributed by atoms with E-state index in [9.17, 15) is 4.79 Å². The fourth-order valence-corrected chi connectivity index (χ4v) is 1.95. The van der Waals surface area contributed by atoms with Crippen molar-refractivity contribution in [3.8, 4) is 11.5 Å². The molecule has 0 saturated heterocycles. The van der Waals surface area contributed by atoms with Crippen molar-refractivity contribution in [2.24, 2.45) is 0 Å². The molecule has 0 aliphatic rings. The van der Waals surface area contributed by atoms with Gasteiger partial charge < -0.3 is 14.8 Å². The van der Waals surface area contributed by atoms with Gasteiger partial charge in [0.05, 0.1) is 7.11 Å². The van der Waals surface area contributed by atoms with E-state index in [-0.39, 0.29) is 5.91 Å². The molecule has 1 amide bonds. The highest BCUT2D eigenvalue weighted by Crippen LogP contribution is 2.19. The van der Waals surface area contributed by atoms with Crippen molar-refractivity contribution in [2.75, 3.05) is 7.11 Å². The summed E-state index contributed by atoms with van der Waals surface area (Å²) in [6.45, 7) is 2.35. The molecule has 1 heterocycles. The molecule has 2 aromatic rings. The Morgan fingerprint density at radius 2 is 1.95 bits per heavy atom. The van der Waals surface area contributed by atoms with E-state index in [2.05, 4.69) is 10.3 Å². The zero-order valence-corrected chi connectivity index (χ0v) is 12.8. The first-order chi connectivity index (χ1) is 10.7. The van der Waals surface area contributed by atoms with Crippen LogP contribution in [0, 0.1) is 0 Å². The highest BCUT2D eigenvalue weighted by Gasteiger charge is 2.18. The number of hydrogen-bond acceptors (Lipinski definition) is 4. The lowest BCUT2D eigenvalue weighted by atomic mass is 10.2. The number of carbonyl (C=O) groups is 1. The molecule has 0 saturated carbocycles. The first-order valence-electron chi connectivity index (χ1n) is 7.20. The number of methoxy groups -OCH3 is 1. The van der Waals surface area contributed by atoms with Crippen LogP contribution in [0.5, 0.6) is 11.5 Å². The van der Waals surface area contributed by atoms with Crippen LogP contribution in [0.25, 0.3) is 0 Å². The minimum atomic E-state index is -0.523.